The van der Waals surface area contributed by atoms with Crippen molar-refractivity contribution in [1.82, 2.24) is 35.2 Å². The molecule has 0 fully saturated rings. The van der Waals surface area contributed by atoms with Gasteiger partial charge in [0.2, 0.25) is 5.82 Å². The van der Waals surface area contributed by atoms with Crippen molar-refractivity contribution in [1.29, 1.82) is 0 Å². The van der Waals surface area contributed by atoms with Crippen molar-refractivity contribution in [3.63, 3.8) is 0 Å². The fraction of sp³-hybridized carbons (Fsp3) is 0.261. The molecule has 2 aromatic carbocycles. The van der Waals surface area contributed by atoms with Gasteiger partial charge >= 0.3 is 0 Å². The van der Waals surface area contributed by atoms with Crippen molar-refractivity contribution in [3.8, 4) is 22.0 Å². The van der Waals surface area contributed by atoms with E-state index in [0.717, 1.165) is 57.0 Å². The summed E-state index contributed by atoms with van der Waals surface area (Å²) in [6, 6.07) is 14.2. The molecule has 0 spiro atoms. The predicted molar refractivity (Wildman–Crippen MR) is 129 cm³/mol. The number of thiazole rings is 1. The first-order valence-corrected chi connectivity index (χ1v) is 11.9. The average molecular weight is 480 g/mol. The smallest absolute Gasteiger partial charge is 0.205 e. The Morgan fingerprint density at radius 1 is 1.12 bits per heavy atom. The van der Waals surface area contributed by atoms with E-state index < -0.39 is 0 Å². The number of benzene rings is 2. The standard InChI is InChI=1S/C23H22ClN7OS/c1-2-3-8-20-25-18(13-32)21(24)31(20)12-14-9-10-17-19(11-14)33-23(26-17)16-7-5-4-6-15(16)22-27-29-30-28-22/h4-7,9-11,32H,2-3,8,12-13H2,1H3,(H,27,28,29,30). The molecule has 0 unspecified atom stereocenters. The molecule has 0 saturated heterocycles. The molecule has 168 valence electrons. The van der Waals surface area contributed by atoms with Crippen molar-refractivity contribution in [2.24, 2.45) is 0 Å². The van der Waals surface area contributed by atoms with Crippen LogP contribution in [0.15, 0.2) is 42.5 Å². The van der Waals surface area contributed by atoms with E-state index in [1.165, 1.54) is 0 Å². The number of aliphatic hydroxyl groups is 1. The van der Waals surface area contributed by atoms with Gasteiger partial charge in [0.25, 0.3) is 0 Å². The molecular weight excluding hydrogens is 458 g/mol. The summed E-state index contributed by atoms with van der Waals surface area (Å²) in [6.07, 6.45) is 2.92. The monoisotopic (exact) mass is 479 g/mol. The maximum atomic E-state index is 9.61. The number of hydrogen-bond acceptors (Lipinski definition) is 7. The molecule has 10 heteroatoms. The van der Waals surface area contributed by atoms with Crippen LogP contribution in [0.25, 0.3) is 32.2 Å². The number of aryl methyl sites for hydroxylation is 1. The van der Waals surface area contributed by atoms with Gasteiger partial charge in [-0.05, 0) is 29.3 Å². The van der Waals surface area contributed by atoms with Crippen LogP contribution in [-0.4, -0.2) is 40.3 Å². The zero-order valence-corrected chi connectivity index (χ0v) is 19.6. The van der Waals surface area contributed by atoms with Crippen LogP contribution in [0.2, 0.25) is 5.15 Å². The van der Waals surface area contributed by atoms with E-state index >= 15 is 0 Å². The first-order chi connectivity index (χ1) is 16.2. The summed E-state index contributed by atoms with van der Waals surface area (Å²) in [4.78, 5) is 9.40. The van der Waals surface area contributed by atoms with Gasteiger partial charge in [0.05, 0.1) is 23.4 Å². The zero-order valence-electron chi connectivity index (χ0n) is 18.0. The second-order valence-corrected chi connectivity index (χ2v) is 9.10. The summed E-state index contributed by atoms with van der Waals surface area (Å²) in [7, 11) is 0. The van der Waals surface area contributed by atoms with E-state index in [-0.39, 0.29) is 6.61 Å². The summed E-state index contributed by atoms with van der Waals surface area (Å²) in [5, 5.41) is 25.5. The zero-order chi connectivity index (χ0) is 22.8. The van der Waals surface area contributed by atoms with Gasteiger partial charge in [-0.2, -0.15) is 5.21 Å². The first kappa shape index (κ1) is 21.7. The lowest BCUT2D eigenvalue weighted by atomic mass is 10.1. The van der Waals surface area contributed by atoms with Crippen molar-refractivity contribution in [3.05, 3.63) is 64.7 Å². The van der Waals surface area contributed by atoms with Crippen LogP contribution in [-0.2, 0) is 19.6 Å². The Labute approximate surface area is 199 Å². The molecule has 0 saturated carbocycles. The van der Waals surface area contributed by atoms with Crippen LogP contribution in [0.1, 0.15) is 36.8 Å². The molecule has 0 amide bonds. The van der Waals surface area contributed by atoms with Gasteiger partial charge in [0.15, 0.2) is 0 Å². The topological polar surface area (TPSA) is 105 Å². The fourth-order valence-electron chi connectivity index (χ4n) is 3.82. The molecular formula is C23H22ClN7OS. The van der Waals surface area contributed by atoms with E-state index in [9.17, 15) is 5.11 Å². The van der Waals surface area contributed by atoms with Crippen LogP contribution < -0.4 is 0 Å². The molecule has 0 aliphatic carbocycles. The number of imidazole rings is 1. The first-order valence-electron chi connectivity index (χ1n) is 10.7. The lowest BCUT2D eigenvalue weighted by Gasteiger charge is -2.09. The second kappa shape index (κ2) is 9.38. The summed E-state index contributed by atoms with van der Waals surface area (Å²) < 4.78 is 3.08. The minimum Gasteiger partial charge on any atom is -0.390 e. The van der Waals surface area contributed by atoms with Crippen molar-refractivity contribution in [2.75, 3.05) is 0 Å². The Kier molecular flexibility index (Phi) is 6.17. The summed E-state index contributed by atoms with van der Waals surface area (Å²) in [6.45, 7) is 2.57. The van der Waals surface area contributed by atoms with Crippen molar-refractivity contribution < 1.29 is 5.11 Å². The minimum absolute atomic E-state index is 0.165. The van der Waals surface area contributed by atoms with Gasteiger partial charge in [0.1, 0.15) is 21.7 Å². The highest BCUT2D eigenvalue weighted by molar-refractivity contribution is 7.21. The van der Waals surface area contributed by atoms with Crippen LogP contribution in [0.5, 0.6) is 0 Å². The Morgan fingerprint density at radius 3 is 2.73 bits per heavy atom. The average Bonchev–Trinajstić information content (AvgIpc) is 3.58. The number of H-pyrrole nitrogens is 1. The highest BCUT2D eigenvalue weighted by Gasteiger charge is 2.17. The molecule has 5 aromatic rings. The molecule has 2 N–H and O–H groups in total. The van der Waals surface area contributed by atoms with Gasteiger partial charge in [-0.15, -0.1) is 21.5 Å². The highest BCUT2D eigenvalue weighted by atomic mass is 35.5. The second-order valence-electron chi connectivity index (χ2n) is 7.72. The number of aromatic nitrogens is 7. The molecule has 3 heterocycles. The SMILES string of the molecule is CCCCc1nc(CO)c(Cl)n1Cc1ccc2nc(-c3ccccc3-c3nn[nH]n3)sc2c1. The van der Waals surface area contributed by atoms with Gasteiger partial charge in [-0.25, -0.2) is 9.97 Å². The predicted octanol–water partition coefficient (Wildman–Crippen LogP) is 4.88. The highest BCUT2D eigenvalue weighted by Crippen LogP contribution is 2.36. The lowest BCUT2D eigenvalue weighted by Crippen LogP contribution is -2.05. The number of tetrazole rings is 1. The largest absolute Gasteiger partial charge is 0.390 e. The number of unbranched alkanes of at least 4 members (excludes halogenated alkanes) is 1. The normalized spacial score (nSPS) is 11.5. The van der Waals surface area contributed by atoms with Crippen molar-refractivity contribution >= 4 is 33.2 Å². The number of fused-ring (bicyclic) bond motifs is 1. The molecule has 0 aliphatic heterocycles. The van der Waals surface area contributed by atoms with Gasteiger partial charge in [-0.1, -0.05) is 55.3 Å². The molecule has 8 nitrogen and oxygen atoms in total. The van der Waals surface area contributed by atoms with E-state index in [2.05, 4.69) is 44.7 Å². The van der Waals surface area contributed by atoms with E-state index in [4.69, 9.17) is 16.6 Å². The molecule has 33 heavy (non-hydrogen) atoms. The number of aromatic amines is 1. The maximum Gasteiger partial charge on any atom is 0.205 e. The Balaban J connectivity index is 1.49. The molecule has 0 aliphatic rings. The summed E-state index contributed by atoms with van der Waals surface area (Å²) in [5.74, 6) is 1.45. The molecule has 0 atom stereocenters. The number of rotatable bonds is 8. The molecule has 0 radical (unpaired) electrons. The Bertz CT molecular complexity index is 1390. The van der Waals surface area contributed by atoms with Crippen LogP contribution in [0, 0.1) is 0 Å². The third-order valence-corrected chi connectivity index (χ3v) is 6.97. The lowest BCUT2D eigenvalue weighted by molar-refractivity contribution is 0.277. The minimum atomic E-state index is -0.165. The molecule has 5 rings (SSSR count). The van der Waals surface area contributed by atoms with Gasteiger partial charge in [-0.3, -0.25) is 0 Å². The Hall–Kier alpha value is -3.14. The number of halogens is 1. The number of nitrogens with one attached hydrogen (secondary N) is 1. The van der Waals surface area contributed by atoms with Gasteiger partial charge < -0.3 is 9.67 Å². The van der Waals surface area contributed by atoms with E-state index in [1.807, 2.05) is 34.9 Å². The van der Waals surface area contributed by atoms with Crippen LogP contribution >= 0.6 is 22.9 Å². The van der Waals surface area contributed by atoms with Crippen molar-refractivity contribution in [2.45, 2.75) is 39.3 Å². The third-order valence-electron chi connectivity index (χ3n) is 5.49. The Morgan fingerprint density at radius 2 is 1.97 bits per heavy atom. The third kappa shape index (κ3) is 4.27. The van der Waals surface area contributed by atoms with Crippen LogP contribution in [0.3, 0.4) is 0 Å². The number of hydrogen-bond donors (Lipinski definition) is 2. The summed E-state index contributed by atoms with van der Waals surface area (Å²) in [5.41, 5.74) is 4.41. The fourth-order valence-corrected chi connectivity index (χ4v) is 5.15. The number of aliphatic hydroxyl groups excluding tert-OH is 1. The van der Waals surface area contributed by atoms with E-state index in [1.54, 1.807) is 11.3 Å². The molecule has 0 bridgehead atoms. The summed E-state index contributed by atoms with van der Waals surface area (Å²) >= 11 is 8.16. The van der Waals surface area contributed by atoms with E-state index in [0.29, 0.717) is 23.2 Å². The maximum absolute atomic E-state index is 9.61. The quantitative estimate of drug-likeness (QED) is 0.328. The van der Waals surface area contributed by atoms with Gasteiger partial charge in [0, 0.05) is 17.5 Å². The van der Waals surface area contributed by atoms with Crippen LogP contribution in [0.4, 0.5) is 0 Å². The molecule has 3 aromatic heterocycles. The number of nitrogens with zero attached hydrogens (tertiary/aromatic N) is 6.